The Morgan fingerprint density at radius 3 is 2.55 bits per heavy atom. The summed E-state index contributed by atoms with van der Waals surface area (Å²) in [6.07, 6.45) is 2.66. The Hall–Kier alpha value is -2.94. The van der Waals surface area contributed by atoms with Crippen LogP contribution in [0.2, 0.25) is 0 Å². The topological polar surface area (TPSA) is 87.9 Å². The molecule has 1 saturated heterocycles. The Kier molecular flexibility index (Phi) is 8.00. The molecule has 1 atom stereocenters. The van der Waals surface area contributed by atoms with Gasteiger partial charge < -0.3 is 19.5 Å². The summed E-state index contributed by atoms with van der Waals surface area (Å²) in [5, 5.41) is 6.67. The van der Waals surface area contributed by atoms with Gasteiger partial charge in [-0.25, -0.2) is 4.39 Å². The third-order valence-corrected chi connectivity index (χ3v) is 5.30. The van der Waals surface area contributed by atoms with Gasteiger partial charge in [-0.2, -0.15) is 0 Å². The van der Waals surface area contributed by atoms with Crippen molar-refractivity contribution in [1.82, 2.24) is 15.0 Å². The number of carbonyl (C=O) groups excluding carboxylic acids is 2. The van der Waals surface area contributed by atoms with E-state index in [1.807, 2.05) is 0 Å². The van der Waals surface area contributed by atoms with E-state index in [-0.39, 0.29) is 30.3 Å². The minimum atomic E-state index is -0.352. The van der Waals surface area contributed by atoms with Crippen molar-refractivity contribution in [1.29, 1.82) is 0 Å². The minimum absolute atomic E-state index is 0.100. The minimum Gasteiger partial charge on any atom is -0.484 e. The molecule has 2 heterocycles. The van der Waals surface area contributed by atoms with E-state index in [0.717, 1.165) is 19.3 Å². The Morgan fingerprint density at radius 2 is 1.94 bits per heavy atom. The lowest BCUT2D eigenvalue weighted by Crippen LogP contribution is -2.55. The Morgan fingerprint density at radius 1 is 1.23 bits per heavy atom. The van der Waals surface area contributed by atoms with E-state index in [1.165, 1.54) is 24.3 Å². The molecular weight excluding hydrogens is 403 g/mol. The molecule has 168 valence electrons. The molecular formula is C22H29FN4O4. The monoisotopic (exact) mass is 432 g/mol. The standard InChI is InChI=1S/C22H29FN4O4/c1-3-4-5-19(22(29)24-20-14-16(2)31-25-20)26-10-12-27(13-11-26)21(28)15-30-18-8-6-17(23)7-9-18/h6-9,14,19H,3-5,10-13,15H2,1-2H3,(H,24,25,29). The first-order valence-corrected chi connectivity index (χ1v) is 10.6. The molecule has 2 aromatic rings. The molecule has 1 aliphatic rings. The molecule has 8 nitrogen and oxygen atoms in total. The van der Waals surface area contributed by atoms with Crippen LogP contribution in [0.4, 0.5) is 10.2 Å². The lowest BCUT2D eigenvalue weighted by Gasteiger charge is -2.38. The maximum Gasteiger partial charge on any atom is 0.260 e. The number of ether oxygens (including phenoxy) is 1. The number of nitrogens with one attached hydrogen (secondary N) is 1. The molecule has 1 aromatic heterocycles. The van der Waals surface area contributed by atoms with E-state index in [9.17, 15) is 14.0 Å². The van der Waals surface area contributed by atoms with Crippen LogP contribution in [0.5, 0.6) is 5.75 Å². The number of carbonyl (C=O) groups is 2. The molecule has 0 saturated carbocycles. The van der Waals surface area contributed by atoms with E-state index in [1.54, 1.807) is 17.9 Å². The third-order valence-electron chi connectivity index (χ3n) is 5.30. The van der Waals surface area contributed by atoms with Gasteiger partial charge in [-0.3, -0.25) is 14.5 Å². The third kappa shape index (κ3) is 6.52. The molecule has 1 aliphatic heterocycles. The molecule has 1 unspecified atom stereocenters. The number of hydrogen-bond acceptors (Lipinski definition) is 6. The highest BCUT2D eigenvalue weighted by Crippen LogP contribution is 2.16. The van der Waals surface area contributed by atoms with Crippen molar-refractivity contribution in [3.05, 3.63) is 41.9 Å². The van der Waals surface area contributed by atoms with Gasteiger partial charge in [0.2, 0.25) is 5.91 Å². The number of hydrogen-bond donors (Lipinski definition) is 1. The molecule has 0 bridgehead atoms. The van der Waals surface area contributed by atoms with Gasteiger partial charge in [0.05, 0.1) is 6.04 Å². The average molecular weight is 432 g/mol. The lowest BCUT2D eigenvalue weighted by molar-refractivity contribution is -0.136. The summed E-state index contributed by atoms with van der Waals surface area (Å²) in [5.74, 6) is 0.909. The Labute approximate surface area is 181 Å². The van der Waals surface area contributed by atoms with Crippen LogP contribution in [0, 0.1) is 12.7 Å². The first-order chi connectivity index (χ1) is 15.0. The fraction of sp³-hybridized carbons (Fsp3) is 0.500. The van der Waals surface area contributed by atoms with E-state index >= 15 is 0 Å². The number of unbranched alkanes of at least 4 members (excludes halogenated alkanes) is 1. The summed E-state index contributed by atoms with van der Waals surface area (Å²) in [5.41, 5.74) is 0. The van der Waals surface area contributed by atoms with E-state index in [0.29, 0.717) is 43.5 Å². The first-order valence-electron chi connectivity index (χ1n) is 10.6. The van der Waals surface area contributed by atoms with E-state index < -0.39 is 0 Å². The summed E-state index contributed by atoms with van der Waals surface area (Å²) in [4.78, 5) is 29.2. The number of amides is 2. The molecule has 2 amide bonds. The molecule has 1 N–H and O–H groups in total. The molecule has 1 aromatic carbocycles. The van der Waals surface area contributed by atoms with Gasteiger partial charge in [-0.1, -0.05) is 24.9 Å². The molecule has 31 heavy (non-hydrogen) atoms. The van der Waals surface area contributed by atoms with Crippen molar-refractivity contribution in [2.75, 3.05) is 38.1 Å². The van der Waals surface area contributed by atoms with Gasteiger partial charge >= 0.3 is 0 Å². The summed E-state index contributed by atoms with van der Waals surface area (Å²) in [6, 6.07) is 6.97. The molecule has 9 heteroatoms. The van der Waals surface area contributed by atoms with Crippen molar-refractivity contribution in [3.63, 3.8) is 0 Å². The molecule has 0 radical (unpaired) electrons. The van der Waals surface area contributed by atoms with Crippen LogP contribution in [-0.2, 0) is 9.59 Å². The number of anilines is 1. The number of nitrogens with zero attached hydrogens (tertiary/aromatic N) is 3. The largest absolute Gasteiger partial charge is 0.484 e. The fourth-order valence-electron chi connectivity index (χ4n) is 3.56. The summed E-state index contributed by atoms with van der Waals surface area (Å²) >= 11 is 0. The van der Waals surface area contributed by atoms with Gasteiger partial charge in [0.1, 0.15) is 17.3 Å². The summed E-state index contributed by atoms with van der Waals surface area (Å²) in [6.45, 7) is 6.00. The van der Waals surface area contributed by atoms with Gasteiger partial charge in [-0.15, -0.1) is 0 Å². The highest BCUT2D eigenvalue weighted by atomic mass is 19.1. The Bertz CT molecular complexity index is 863. The van der Waals surface area contributed by atoms with Crippen LogP contribution in [0.25, 0.3) is 0 Å². The van der Waals surface area contributed by atoms with E-state index in [4.69, 9.17) is 9.26 Å². The summed E-state index contributed by atoms with van der Waals surface area (Å²) in [7, 11) is 0. The van der Waals surface area contributed by atoms with Crippen LogP contribution >= 0.6 is 0 Å². The zero-order valence-electron chi connectivity index (χ0n) is 18.0. The van der Waals surface area contributed by atoms with Crippen LogP contribution in [0.1, 0.15) is 31.9 Å². The van der Waals surface area contributed by atoms with Crippen molar-refractivity contribution in [3.8, 4) is 5.75 Å². The first kappa shape index (κ1) is 22.7. The van der Waals surface area contributed by atoms with Crippen LogP contribution in [-0.4, -0.2) is 65.6 Å². The molecule has 1 fully saturated rings. The average Bonchev–Trinajstić information content (AvgIpc) is 3.18. The number of benzene rings is 1. The van der Waals surface area contributed by atoms with Crippen molar-refractivity contribution in [2.24, 2.45) is 0 Å². The van der Waals surface area contributed by atoms with Gasteiger partial charge in [-0.05, 0) is 37.6 Å². The quantitative estimate of drug-likeness (QED) is 0.656. The van der Waals surface area contributed by atoms with Crippen molar-refractivity contribution >= 4 is 17.6 Å². The maximum atomic E-state index is 13.0. The highest BCUT2D eigenvalue weighted by molar-refractivity contribution is 5.94. The van der Waals surface area contributed by atoms with E-state index in [2.05, 4.69) is 22.3 Å². The second-order valence-corrected chi connectivity index (χ2v) is 7.63. The smallest absolute Gasteiger partial charge is 0.260 e. The van der Waals surface area contributed by atoms with Crippen LogP contribution < -0.4 is 10.1 Å². The zero-order valence-corrected chi connectivity index (χ0v) is 18.0. The number of aryl methyl sites for hydroxylation is 1. The number of aromatic nitrogens is 1. The Balaban J connectivity index is 1.51. The van der Waals surface area contributed by atoms with Gasteiger partial charge in [0, 0.05) is 32.2 Å². The molecule has 3 rings (SSSR count). The van der Waals surface area contributed by atoms with Gasteiger partial charge in [0.25, 0.3) is 5.91 Å². The zero-order chi connectivity index (χ0) is 22.2. The maximum absolute atomic E-state index is 13.0. The number of piperazine rings is 1. The van der Waals surface area contributed by atoms with Crippen molar-refractivity contribution in [2.45, 2.75) is 39.2 Å². The summed E-state index contributed by atoms with van der Waals surface area (Å²) < 4.78 is 23.4. The second-order valence-electron chi connectivity index (χ2n) is 7.63. The predicted octanol–water partition coefficient (Wildman–Crippen LogP) is 2.84. The van der Waals surface area contributed by atoms with Crippen molar-refractivity contribution < 1.29 is 23.2 Å². The van der Waals surface area contributed by atoms with Gasteiger partial charge in [0.15, 0.2) is 12.4 Å². The van der Waals surface area contributed by atoms with Crippen LogP contribution in [0.15, 0.2) is 34.9 Å². The SMILES string of the molecule is CCCCC(C(=O)Nc1cc(C)on1)N1CCN(C(=O)COc2ccc(F)cc2)CC1. The number of halogens is 1. The number of rotatable bonds is 9. The predicted molar refractivity (Wildman–Crippen MR) is 113 cm³/mol. The fourth-order valence-corrected chi connectivity index (χ4v) is 3.56. The normalized spacial score (nSPS) is 15.5. The molecule has 0 aliphatic carbocycles. The molecule has 0 spiro atoms. The second kappa shape index (κ2) is 10.9. The highest BCUT2D eigenvalue weighted by Gasteiger charge is 2.30. The lowest BCUT2D eigenvalue weighted by atomic mass is 10.1. The van der Waals surface area contributed by atoms with Crippen LogP contribution in [0.3, 0.4) is 0 Å².